The first-order chi connectivity index (χ1) is 13.1. The Labute approximate surface area is 160 Å². The first-order valence-electron chi connectivity index (χ1n) is 8.31. The molecule has 0 bridgehead atoms. The first-order valence-corrected chi connectivity index (χ1v) is 9.19. The number of ether oxygens (including phenoxy) is 2. The number of anilines is 1. The van der Waals surface area contributed by atoms with Gasteiger partial charge in [0.1, 0.15) is 5.82 Å². The maximum absolute atomic E-state index is 12.9. The molecule has 3 aromatic rings. The summed E-state index contributed by atoms with van der Waals surface area (Å²) in [5, 5.41) is 5.21. The zero-order chi connectivity index (χ0) is 19.2. The summed E-state index contributed by atoms with van der Waals surface area (Å²) in [6.07, 6.45) is 0.844. The van der Waals surface area contributed by atoms with Crippen LogP contribution < -0.4 is 14.8 Å². The van der Waals surface area contributed by atoms with E-state index in [1.807, 2.05) is 23.6 Å². The second kappa shape index (κ2) is 8.64. The van der Waals surface area contributed by atoms with Crippen LogP contribution in [-0.2, 0) is 11.2 Å². The zero-order valence-electron chi connectivity index (χ0n) is 15.0. The molecule has 2 aromatic carbocycles. The van der Waals surface area contributed by atoms with E-state index in [-0.39, 0.29) is 11.7 Å². The molecule has 0 aliphatic heterocycles. The van der Waals surface area contributed by atoms with Crippen LogP contribution >= 0.6 is 11.3 Å². The summed E-state index contributed by atoms with van der Waals surface area (Å²) in [6, 6.07) is 11.7. The Morgan fingerprint density at radius 2 is 1.85 bits per heavy atom. The van der Waals surface area contributed by atoms with Crippen LogP contribution in [0.1, 0.15) is 12.0 Å². The fourth-order valence-electron chi connectivity index (χ4n) is 2.55. The molecular weight excluding hydrogens is 367 g/mol. The number of thiazole rings is 1. The van der Waals surface area contributed by atoms with Crippen LogP contribution in [0.15, 0.2) is 47.8 Å². The standard InChI is InChI=1S/C20H19FN2O3S/c1-25-17-9-6-14(11-18(17)26-2)16-12-27-20(22-16)23-19(24)10-5-13-3-7-15(21)8-4-13/h3-4,6-9,11-12H,5,10H2,1-2H3,(H,22,23,24). The highest BCUT2D eigenvalue weighted by atomic mass is 32.1. The number of halogens is 1. The third-order valence-electron chi connectivity index (χ3n) is 3.98. The smallest absolute Gasteiger partial charge is 0.226 e. The van der Waals surface area contributed by atoms with Gasteiger partial charge in [-0.25, -0.2) is 9.37 Å². The van der Waals surface area contributed by atoms with Gasteiger partial charge in [0.25, 0.3) is 0 Å². The largest absolute Gasteiger partial charge is 0.493 e. The number of benzene rings is 2. The van der Waals surface area contributed by atoms with E-state index in [0.717, 1.165) is 16.8 Å². The predicted octanol–water partition coefficient (Wildman–Crippen LogP) is 4.54. The van der Waals surface area contributed by atoms with Crippen molar-refractivity contribution in [1.82, 2.24) is 4.98 Å². The first kappa shape index (κ1) is 18.8. The van der Waals surface area contributed by atoms with Crippen LogP contribution in [0.2, 0.25) is 0 Å². The summed E-state index contributed by atoms with van der Waals surface area (Å²) in [5.41, 5.74) is 2.53. The fourth-order valence-corrected chi connectivity index (χ4v) is 3.29. The number of rotatable bonds is 7. The minimum absolute atomic E-state index is 0.132. The number of methoxy groups -OCH3 is 2. The van der Waals surface area contributed by atoms with E-state index >= 15 is 0 Å². The van der Waals surface area contributed by atoms with Crippen LogP contribution in [0.3, 0.4) is 0 Å². The number of hydrogen-bond acceptors (Lipinski definition) is 5. The van der Waals surface area contributed by atoms with Crippen molar-refractivity contribution in [3.63, 3.8) is 0 Å². The van der Waals surface area contributed by atoms with Crippen molar-refractivity contribution < 1.29 is 18.7 Å². The number of aryl methyl sites for hydroxylation is 1. The molecule has 0 atom stereocenters. The number of hydrogen-bond donors (Lipinski definition) is 1. The van der Waals surface area contributed by atoms with Crippen molar-refractivity contribution in [3.8, 4) is 22.8 Å². The predicted molar refractivity (Wildman–Crippen MR) is 104 cm³/mol. The molecule has 27 heavy (non-hydrogen) atoms. The lowest BCUT2D eigenvalue weighted by Gasteiger charge is -2.08. The Bertz CT molecular complexity index is 925. The van der Waals surface area contributed by atoms with Gasteiger partial charge in [0.15, 0.2) is 16.6 Å². The number of carbonyl (C=O) groups is 1. The average molecular weight is 386 g/mol. The second-order valence-corrected chi connectivity index (χ2v) is 6.64. The molecule has 1 aromatic heterocycles. The van der Waals surface area contributed by atoms with Gasteiger partial charge in [0, 0.05) is 17.4 Å². The molecule has 0 aliphatic carbocycles. The summed E-state index contributed by atoms with van der Waals surface area (Å²) >= 11 is 1.36. The molecule has 7 heteroatoms. The minimum atomic E-state index is -0.284. The van der Waals surface area contributed by atoms with Gasteiger partial charge in [0.05, 0.1) is 19.9 Å². The molecule has 0 aliphatic rings. The van der Waals surface area contributed by atoms with Gasteiger partial charge in [-0.3, -0.25) is 4.79 Å². The van der Waals surface area contributed by atoms with Gasteiger partial charge in [-0.15, -0.1) is 11.3 Å². The molecule has 3 rings (SSSR count). The van der Waals surface area contributed by atoms with Crippen LogP contribution in [-0.4, -0.2) is 25.1 Å². The SMILES string of the molecule is COc1ccc(-c2csc(NC(=O)CCc3ccc(F)cc3)n2)cc1OC. The summed E-state index contributed by atoms with van der Waals surface area (Å²) in [5.74, 6) is 0.847. The highest BCUT2D eigenvalue weighted by molar-refractivity contribution is 7.14. The van der Waals surface area contributed by atoms with Crippen molar-refractivity contribution in [3.05, 3.63) is 59.2 Å². The molecule has 1 heterocycles. The van der Waals surface area contributed by atoms with Crippen molar-refractivity contribution in [1.29, 1.82) is 0 Å². The third kappa shape index (κ3) is 4.83. The van der Waals surface area contributed by atoms with Crippen LogP contribution in [0, 0.1) is 5.82 Å². The Balaban J connectivity index is 1.62. The van der Waals surface area contributed by atoms with Crippen molar-refractivity contribution in [2.45, 2.75) is 12.8 Å². The van der Waals surface area contributed by atoms with Crippen LogP contribution in [0.4, 0.5) is 9.52 Å². The maximum Gasteiger partial charge on any atom is 0.226 e. The minimum Gasteiger partial charge on any atom is -0.493 e. The van der Waals surface area contributed by atoms with Crippen LogP contribution in [0.25, 0.3) is 11.3 Å². The lowest BCUT2D eigenvalue weighted by atomic mass is 10.1. The van der Waals surface area contributed by atoms with E-state index < -0.39 is 0 Å². The maximum atomic E-state index is 12.9. The monoisotopic (exact) mass is 386 g/mol. The van der Waals surface area contributed by atoms with E-state index in [0.29, 0.717) is 29.5 Å². The van der Waals surface area contributed by atoms with E-state index in [9.17, 15) is 9.18 Å². The van der Waals surface area contributed by atoms with Gasteiger partial charge in [-0.1, -0.05) is 12.1 Å². The van der Waals surface area contributed by atoms with E-state index in [1.165, 1.54) is 23.5 Å². The molecule has 0 fully saturated rings. The van der Waals surface area contributed by atoms with Crippen molar-refractivity contribution in [2.24, 2.45) is 0 Å². The van der Waals surface area contributed by atoms with E-state index in [1.54, 1.807) is 26.4 Å². The molecular formula is C20H19FN2O3S. The summed E-state index contributed by atoms with van der Waals surface area (Å²) in [4.78, 5) is 16.6. The molecule has 0 unspecified atom stereocenters. The molecule has 0 radical (unpaired) electrons. The molecule has 0 saturated heterocycles. The van der Waals surface area contributed by atoms with Gasteiger partial charge >= 0.3 is 0 Å². The lowest BCUT2D eigenvalue weighted by molar-refractivity contribution is -0.116. The Morgan fingerprint density at radius 1 is 1.11 bits per heavy atom. The highest BCUT2D eigenvalue weighted by Crippen LogP contribution is 2.33. The highest BCUT2D eigenvalue weighted by Gasteiger charge is 2.11. The average Bonchev–Trinajstić information content (AvgIpc) is 3.15. The Hall–Kier alpha value is -2.93. The van der Waals surface area contributed by atoms with E-state index in [2.05, 4.69) is 10.3 Å². The lowest BCUT2D eigenvalue weighted by Crippen LogP contribution is -2.12. The third-order valence-corrected chi connectivity index (χ3v) is 4.74. The summed E-state index contributed by atoms with van der Waals surface area (Å²) < 4.78 is 23.4. The summed E-state index contributed by atoms with van der Waals surface area (Å²) in [6.45, 7) is 0. The number of nitrogens with zero attached hydrogens (tertiary/aromatic N) is 1. The molecule has 5 nitrogen and oxygen atoms in total. The van der Waals surface area contributed by atoms with Gasteiger partial charge < -0.3 is 14.8 Å². The van der Waals surface area contributed by atoms with Crippen LogP contribution in [0.5, 0.6) is 11.5 Å². The quantitative estimate of drug-likeness (QED) is 0.648. The molecule has 0 saturated carbocycles. The Morgan fingerprint density at radius 3 is 2.56 bits per heavy atom. The molecule has 1 amide bonds. The number of aromatic nitrogens is 1. The topological polar surface area (TPSA) is 60.5 Å². The van der Waals surface area contributed by atoms with Crippen molar-refractivity contribution in [2.75, 3.05) is 19.5 Å². The number of nitrogens with one attached hydrogen (secondary N) is 1. The van der Waals surface area contributed by atoms with Gasteiger partial charge in [-0.05, 0) is 42.3 Å². The Kier molecular flexibility index (Phi) is 6.03. The second-order valence-electron chi connectivity index (χ2n) is 5.78. The van der Waals surface area contributed by atoms with Gasteiger partial charge in [-0.2, -0.15) is 0 Å². The normalized spacial score (nSPS) is 10.5. The van der Waals surface area contributed by atoms with Gasteiger partial charge in [0.2, 0.25) is 5.91 Å². The molecule has 0 spiro atoms. The molecule has 1 N–H and O–H groups in total. The molecule has 140 valence electrons. The number of carbonyl (C=O) groups excluding carboxylic acids is 1. The summed E-state index contributed by atoms with van der Waals surface area (Å²) in [7, 11) is 3.16. The van der Waals surface area contributed by atoms with E-state index in [4.69, 9.17) is 9.47 Å². The van der Waals surface area contributed by atoms with Crippen molar-refractivity contribution >= 4 is 22.4 Å². The zero-order valence-corrected chi connectivity index (χ0v) is 15.8. The number of amides is 1. The fraction of sp³-hybridized carbons (Fsp3) is 0.200.